The van der Waals surface area contributed by atoms with E-state index in [4.69, 9.17) is 5.73 Å². The molecule has 2 heterocycles. The number of likely N-dealkylation sites (N-methyl/N-ethyl adjacent to an activating group) is 1. The fraction of sp³-hybridized carbons (Fsp3) is 0.429. The number of fused-ring (bicyclic) bond motifs is 1. The smallest absolute Gasteiger partial charge is 0.226 e. The first-order valence-electron chi connectivity index (χ1n) is 4.17. The Kier molecular flexibility index (Phi) is 2.51. The second kappa shape index (κ2) is 3.81. The Hall–Kier alpha value is -1.34. The van der Waals surface area contributed by atoms with Gasteiger partial charge in [0.15, 0.2) is 4.83 Å². The Morgan fingerprint density at radius 2 is 2.43 bits per heavy atom. The van der Waals surface area contributed by atoms with Crippen LogP contribution < -0.4 is 10.6 Å². The van der Waals surface area contributed by atoms with E-state index in [1.807, 2.05) is 11.9 Å². The van der Waals surface area contributed by atoms with Crippen LogP contribution in [-0.4, -0.2) is 39.7 Å². The zero-order chi connectivity index (χ0) is 9.97. The van der Waals surface area contributed by atoms with Crippen LogP contribution in [0.2, 0.25) is 0 Å². The van der Waals surface area contributed by atoms with Crippen molar-refractivity contribution in [2.24, 2.45) is 5.73 Å². The summed E-state index contributed by atoms with van der Waals surface area (Å²) in [4.78, 5) is 11.2. The zero-order valence-electron chi connectivity index (χ0n) is 7.71. The number of hydrogen-bond donors (Lipinski definition) is 1. The summed E-state index contributed by atoms with van der Waals surface area (Å²) >= 11 is 1.27. The fourth-order valence-electron chi connectivity index (χ4n) is 1.07. The molecule has 7 heteroatoms. The molecule has 0 radical (unpaired) electrons. The lowest BCUT2D eigenvalue weighted by atomic mass is 10.5. The van der Waals surface area contributed by atoms with Crippen LogP contribution in [0.4, 0.5) is 5.95 Å². The Bertz CT molecular complexity index is 427. The fourth-order valence-corrected chi connectivity index (χ4v) is 1.58. The molecule has 6 nitrogen and oxygen atoms in total. The highest BCUT2D eigenvalue weighted by Crippen LogP contribution is 2.14. The van der Waals surface area contributed by atoms with Gasteiger partial charge < -0.3 is 10.6 Å². The third-order valence-electron chi connectivity index (χ3n) is 1.80. The van der Waals surface area contributed by atoms with Gasteiger partial charge in [-0.3, -0.25) is 0 Å². The van der Waals surface area contributed by atoms with Gasteiger partial charge in [-0.25, -0.2) is 4.98 Å². The summed E-state index contributed by atoms with van der Waals surface area (Å²) < 4.78 is 3.79. The van der Waals surface area contributed by atoms with Crippen LogP contribution in [0.3, 0.4) is 0 Å². The monoisotopic (exact) mass is 210 g/mol. The van der Waals surface area contributed by atoms with Gasteiger partial charge in [-0.15, -0.1) is 5.10 Å². The minimum absolute atomic E-state index is 0.582. The molecule has 0 aromatic carbocycles. The van der Waals surface area contributed by atoms with E-state index in [1.165, 1.54) is 11.5 Å². The lowest BCUT2D eigenvalue weighted by Gasteiger charge is -2.14. The zero-order valence-corrected chi connectivity index (χ0v) is 8.53. The summed E-state index contributed by atoms with van der Waals surface area (Å²) in [6.07, 6.45) is 1.67. The van der Waals surface area contributed by atoms with E-state index < -0.39 is 0 Å². The topological polar surface area (TPSA) is 80.8 Å². The second-order valence-electron chi connectivity index (χ2n) is 2.84. The van der Waals surface area contributed by atoms with Crippen LogP contribution in [0.15, 0.2) is 6.20 Å². The van der Waals surface area contributed by atoms with E-state index in [0.717, 1.165) is 16.9 Å². The highest BCUT2D eigenvalue weighted by Gasteiger charge is 2.06. The van der Waals surface area contributed by atoms with Gasteiger partial charge >= 0.3 is 0 Å². The summed E-state index contributed by atoms with van der Waals surface area (Å²) in [5.41, 5.74) is 6.18. The Labute approximate surface area is 84.9 Å². The van der Waals surface area contributed by atoms with Gasteiger partial charge in [0.2, 0.25) is 5.95 Å². The van der Waals surface area contributed by atoms with Crippen LogP contribution in [0.5, 0.6) is 0 Å². The van der Waals surface area contributed by atoms with Crippen LogP contribution in [0, 0.1) is 0 Å². The van der Waals surface area contributed by atoms with Crippen LogP contribution in [0.25, 0.3) is 10.3 Å². The molecule has 0 fully saturated rings. The first-order chi connectivity index (χ1) is 6.81. The molecule has 0 saturated heterocycles. The van der Waals surface area contributed by atoms with Gasteiger partial charge in [0.05, 0.1) is 6.20 Å². The quantitative estimate of drug-likeness (QED) is 0.760. The molecule has 0 saturated carbocycles. The molecule has 74 valence electrons. The average molecular weight is 210 g/mol. The van der Waals surface area contributed by atoms with Gasteiger partial charge in [0.25, 0.3) is 0 Å². The SMILES string of the molecule is CN(CCN)c1ncc2nnsc2n1. The molecule has 0 aliphatic carbocycles. The highest BCUT2D eigenvalue weighted by atomic mass is 32.1. The minimum atomic E-state index is 0.582. The van der Waals surface area contributed by atoms with E-state index in [2.05, 4.69) is 19.6 Å². The van der Waals surface area contributed by atoms with Gasteiger partial charge in [-0.2, -0.15) is 4.98 Å². The number of rotatable bonds is 3. The summed E-state index contributed by atoms with van der Waals surface area (Å²) in [5.74, 6) is 0.661. The van der Waals surface area contributed by atoms with Crippen molar-refractivity contribution in [3.63, 3.8) is 0 Å². The number of hydrogen-bond acceptors (Lipinski definition) is 7. The summed E-state index contributed by atoms with van der Waals surface area (Å²) in [5, 5.41) is 3.87. The molecule has 14 heavy (non-hydrogen) atoms. The molecule has 0 spiro atoms. The number of anilines is 1. The van der Waals surface area contributed by atoms with Gasteiger partial charge in [-0.05, 0) is 0 Å². The first-order valence-corrected chi connectivity index (χ1v) is 4.95. The van der Waals surface area contributed by atoms with E-state index in [9.17, 15) is 0 Å². The van der Waals surface area contributed by atoms with E-state index in [-0.39, 0.29) is 0 Å². The molecule has 2 aromatic rings. The Balaban J connectivity index is 2.33. The summed E-state index contributed by atoms with van der Waals surface area (Å²) in [6.45, 7) is 1.32. The highest BCUT2D eigenvalue weighted by molar-refractivity contribution is 7.12. The Morgan fingerprint density at radius 1 is 1.57 bits per heavy atom. The normalized spacial score (nSPS) is 10.7. The van der Waals surface area contributed by atoms with Crippen molar-refractivity contribution >= 4 is 27.8 Å². The lowest BCUT2D eigenvalue weighted by Crippen LogP contribution is -2.26. The van der Waals surface area contributed by atoms with Crippen LogP contribution in [-0.2, 0) is 0 Å². The number of nitrogens with two attached hydrogens (primary N) is 1. The molecule has 2 N–H and O–H groups in total. The molecule has 2 rings (SSSR count). The van der Waals surface area contributed by atoms with Gasteiger partial charge in [0.1, 0.15) is 5.52 Å². The number of aromatic nitrogens is 4. The predicted molar refractivity (Wildman–Crippen MR) is 55.3 cm³/mol. The van der Waals surface area contributed by atoms with E-state index >= 15 is 0 Å². The third kappa shape index (κ3) is 1.64. The van der Waals surface area contributed by atoms with Crippen molar-refractivity contribution in [3.05, 3.63) is 6.20 Å². The first kappa shape index (κ1) is 9.22. The maximum absolute atomic E-state index is 5.44. The third-order valence-corrected chi connectivity index (χ3v) is 2.44. The second-order valence-corrected chi connectivity index (χ2v) is 3.58. The molecular formula is C7H10N6S. The number of nitrogens with zero attached hydrogens (tertiary/aromatic N) is 5. The van der Waals surface area contributed by atoms with Crippen molar-refractivity contribution in [3.8, 4) is 0 Å². The van der Waals surface area contributed by atoms with Crippen molar-refractivity contribution in [2.75, 3.05) is 25.0 Å². The van der Waals surface area contributed by atoms with Crippen LogP contribution >= 0.6 is 11.5 Å². The van der Waals surface area contributed by atoms with Crippen molar-refractivity contribution < 1.29 is 0 Å². The molecule has 0 atom stereocenters. The van der Waals surface area contributed by atoms with Crippen LogP contribution in [0.1, 0.15) is 0 Å². The van der Waals surface area contributed by atoms with E-state index in [1.54, 1.807) is 6.20 Å². The maximum atomic E-state index is 5.44. The molecule has 0 amide bonds. The van der Waals surface area contributed by atoms with Crippen molar-refractivity contribution in [2.45, 2.75) is 0 Å². The van der Waals surface area contributed by atoms with Gasteiger partial charge in [-0.1, -0.05) is 4.49 Å². The molecule has 2 aromatic heterocycles. The molecule has 0 aliphatic rings. The standard InChI is InChI=1S/C7H10N6S/c1-13(3-2-8)7-9-4-5-6(10-7)14-12-11-5/h4H,2-3,8H2,1H3. The largest absolute Gasteiger partial charge is 0.343 e. The van der Waals surface area contributed by atoms with Crippen molar-refractivity contribution in [1.82, 2.24) is 19.6 Å². The maximum Gasteiger partial charge on any atom is 0.226 e. The Morgan fingerprint density at radius 3 is 3.21 bits per heavy atom. The minimum Gasteiger partial charge on any atom is -0.343 e. The lowest BCUT2D eigenvalue weighted by molar-refractivity contribution is 0.851. The molecule has 0 bridgehead atoms. The predicted octanol–water partition coefficient (Wildman–Crippen LogP) is -0.124. The van der Waals surface area contributed by atoms with E-state index in [0.29, 0.717) is 12.5 Å². The molecule has 0 unspecified atom stereocenters. The van der Waals surface area contributed by atoms with Gasteiger partial charge in [0, 0.05) is 31.7 Å². The molecular weight excluding hydrogens is 200 g/mol. The summed E-state index contributed by atoms with van der Waals surface area (Å²) in [7, 11) is 1.91. The van der Waals surface area contributed by atoms with Crippen molar-refractivity contribution in [1.29, 1.82) is 0 Å². The average Bonchev–Trinajstić information content (AvgIpc) is 2.64. The molecule has 0 aliphatic heterocycles. The summed E-state index contributed by atoms with van der Waals surface area (Å²) in [6, 6.07) is 0.